The molecule has 0 radical (unpaired) electrons. The van der Waals surface area contributed by atoms with Crippen LogP contribution in [0, 0.1) is 5.92 Å². The number of carbonyl (C=O) groups excluding carboxylic acids is 1. The Hall–Kier alpha value is -1.84. The number of nitrogens with zero attached hydrogens (tertiary/aromatic N) is 2. The first-order valence-corrected chi connectivity index (χ1v) is 10.3. The summed E-state index contributed by atoms with van der Waals surface area (Å²) in [5.41, 5.74) is 0.804. The van der Waals surface area contributed by atoms with Gasteiger partial charge in [0.25, 0.3) is 10.2 Å². The largest absolute Gasteiger partial charge is 0.497 e. The Morgan fingerprint density at radius 1 is 1.30 bits per heavy atom. The van der Waals surface area contributed by atoms with E-state index in [4.69, 9.17) is 9.47 Å². The lowest BCUT2D eigenvalue weighted by molar-refractivity contribution is -0.126. The summed E-state index contributed by atoms with van der Waals surface area (Å²) in [4.78, 5) is 12.8. The molecule has 2 rings (SSSR count). The van der Waals surface area contributed by atoms with E-state index in [2.05, 4.69) is 5.32 Å². The minimum absolute atomic E-state index is 0.161. The predicted octanol–water partition coefficient (Wildman–Crippen LogP) is 1.40. The van der Waals surface area contributed by atoms with Crippen molar-refractivity contribution in [2.75, 3.05) is 41.4 Å². The Bertz CT molecular complexity index is 766. The third-order valence-electron chi connectivity index (χ3n) is 4.80. The SMILES string of the molecule is COc1ccc(OC)c([C@@H](C)NC(=O)[C@@H]2CCCN(S(=O)(=O)N(C)C)C2)c1. The van der Waals surface area contributed by atoms with Crippen molar-refractivity contribution in [1.29, 1.82) is 0 Å². The molecule has 152 valence electrons. The lowest BCUT2D eigenvalue weighted by Gasteiger charge is -2.33. The number of carbonyl (C=O) groups is 1. The maximum atomic E-state index is 12.8. The minimum atomic E-state index is -3.52. The molecule has 0 spiro atoms. The van der Waals surface area contributed by atoms with Gasteiger partial charge in [-0.15, -0.1) is 0 Å². The van der Waals surface area contributed by atoms with Gasteiger partial charge in [0.1, 0.15) is 11.5 Å². The van der Waals surface area contributed by atoms with Crippen LogP contribution in [0.3, 0.4) is 0 Å². The summed E-state index contributed by atoms with van der Waals surface area (Å²) in [5, 5.41) is 2.98. The van der Waals surface area contributed by atoms with E-state index >= 15 is 0 Å². The molecule has 1 N–H and O–H groups in total. The van der Waals surface area contributed by atoms with Crippen molar-refractivity contribution in [3.8, 4) is 11.5 Å². The van der Waals surface area contributed by atoms with Crippen LogP contribution in [0.4, 0.5) is 0 Å². The molecule has 0 aliphatic carbocycles. The van der Waals surface area contributed by atoms with E-state index in [0.29, 0.717) is 30.9 Å². The van der Waals surface area contributed by atoms with Crippen molar-refractivity contribution in [2.45, 2.75) is 25.8 Å². The second-order valence-electron chi connectivity index (χ2n) is 6.83. The van der Waals surface area contributed by atoms with Gasteiger partial charge in [-0.1, -0.05) is 0 Å². The van der Waals surface area contributed by atoms with E-state index in [9.17, 15) is 13.2 Å². The maximum Gasteiger partial charge on any atom is 0.281 e. The standard InChI is InChI=1S/C18H29N3O5S/c1-13(16-11-15(25-4)8-9-17(16)26-5)19-18(22)14-7-6-10-21(12-14)27(23,24)20(2)3/h8-9,11,13-14H,6-7,10,12H2,1-5H3,(H,19,22)/t13-,14-/m1/s1. The molecule has 8 nitrogen and oxygen atoms in total. The summed E-state index contributed by atoms with van der Waals surface area (Å²) in [6.45, 7) is 2.49. The first kappa shape index (κ1) is 21.5. The number of methoxy groups -OCH3 is 2. The van der Waals surface area contributed by atoms with Crippen LogP contribution < -0.4 is 14.8 Å². The molecule has 1 aliphatic heterocycles. The van der Waals surface area contributed by atoms with Gasteiger partial charge in [0.05, 0.1) is 26.2 Å². The third kappa shape index (κ3) is 4.91. The fourth-order valence-corrected chi connectivity index (χ4v) is 4.37. The van der Waals surface area contributed by atoms with E-state index in [1.807, 2.05) is 13.0 Å². The zero-order chi connectivity index (χ0) is 20.2. The highest BCUT2D eigenvalue weighted by Crippen LogP contribution is 2.30. The Labute approximate surface area is 161 Å². The summed E-state index contributed by atoms with van der Waals surface area (Å²) in [7, 11) is 2.63. The van der Waals surface area contributed by atoms with Crippen molar-refractivity contribution in [1.82, 2.24) is 13.9 Å². The Morgan fingerprint density at radius 2 is 2.00 bits per heavy atom. The summed E-state index contributed by atoms with van der Waals surface area (Å²) in [5.74, 6) is 0.787. The average Bonchev–Trinajstić information content (AvgIpc) is 2.67. The van der Waals surface area contributed by atoms with Gasteiger partial charge in [-0.3, -0.25) is 4.79 Å². The number of hydrogen-bond donors (Lipinski definition) is 1. The van der Waals surface area contributed by atoms with Gasteiger partial charge in [0, 0.05) is 32.7 Å². The lowest BCUT2D eigenvalue weighted by atomic mass is 9.97. The van der Waals surface area contributed by atoms with Gasteiger partial charge in [-0.25, -0.2) is 0 Å². The number of amides is 1. The monoisotopic (exact) mass is 399 g/mol. The van der Waals surface area contributed by atoms with Crippen LogP contribution in [-0.4, -0.2) is 64.3 Å². The van der Waals surface area contributed by atoms with Gasteiger partial charge in [0.15, 0.2) is 0 Å². The highest BCUT2D eigenvalue weighted by molar-refractivity contribution is 7.86. The van der Waals surface area contributed by atoms with Gasteiger partial charge in [-0.2, -0.15) is 17.0 Å². The molecule has 1 fully saturated rings. The number of ether oxygens (including phenoxy) is 2. The van der Waals surface area contributed by atoms with Gasteiger partial charge < -0.3 is 14.8 Å². The molecule has 1 saturated heterocycles. The highest BCUT2D eigenvalue weighted by atomic mass is 32.2. The van der Waals surface area contributed by atoms with Crippen LogP contribution in [0.25, 0.3) is 0 Å². The van der Waals surface area contributed by atoms with E-state index in [1.54, 1.807) is 26.4 Å². The molecule has 9 heteroatoms. The molecular weight excluding hydrogens is 370 g/mol. The first-order valence-electron chi connectivity index (χ1n) is 8.90. The fraction of sp³-hybridized carbons (Fsp3) is 0.611. The van der Waals surface area contributed by atoms with Crippen LogP contribution >= 0.6 is 0 Å². The smallest absolute Gasteiger partial charge is 0.281 e. The van der Waals surface area contributed by atoms with Crippen LogP contribution in [0.15, 0.2) is 18.2 Å². The maximum absolute atomic E-state index is 12.8. The zero-order valence-electron chi connectivity index (χ0n) is 16.6. The number of rotatable bonds is 7. The molecule has 1 aliphatic rings. The topological polar surface area (TPSA) is 88.2 Å². The Kier molecular flexibility index (Phi) is 7.07. The Balaban J connectivity index is 2.10. The molecule has 1 aromatic carbocycles. The highest BCUT2D eigenvalue weighted by Gasteiger charge is 2.34. The van der Waals surface area contributed by atoms with Crippen molar-refractivity contribution >= 4 is 16.1 Å². The zero-order valence-corrected chi connectivity index (χ0v) is 17.4. The molecule has 0 bridgehead atoms. The van der Waals surface area contributed by atoms with Crippen molar-refractivity contribution in [2.24, 2.45) is 5.92 Å². The van der Waals surface area contributed by atoms with Crippen LogP contribution in [0.5, 0.6) is 11.5 Å². The lowest BCUT2D eigenvalue weighted by Crippen LogP contribution is -2.49. The summed E-state index contributed by atoms with van der Waals surface area (Å²) in [6, 6.07) is 5.11. The van der Waals surface area contributed by atoms with Crippen LogP contribution in [-0.2, 0) is 15.0 Å². The molecular formula is C18H29N3O5S. The molecule has 27 heavy (non-hydrogen) atoms. The molecule has 1 amide bonds. The second kappa shape index (κ2) is 8.90. The number of benzene rings is 1. The van der Waals surface area contributed by atoms with Gasteiger partial charge in [0.2, 0.25) is 5.91 Å². The number of piperidine rings is 1. The summed E-state index contributed by atoms with van der Waals surface area (Å²) >= 11 is 0. The molecule has 2 atom stereocenters. The van der Waals surface area contributed by atoms with E-state index in [-0.39, 0.29) is 24.4 Å². The molecule has 0 aromatic heterocycles. The van der Waals surface area contributed by atoms with Gasteiger partial charge >= 0.3 is 0 Å². The normalized spacial score (nSPS) is 19.6. The number of nitrogens with one attached hydrogen (secondary N) is 1. The molecule has 0 saturated carbocycles. The Morgan fingerprint density at radius 3 is 2.59 bits per heavy atom. The summed E-state index contributed by atoms with van der Waals surface area (Å²) in [6.07, 6.45) is 1.31. The third-order valence-corrected chi connectivity index (χ3v) is 6.71. The first-order chi connectivity index (χ1) is 12.7. The van der Waals surface area contributed by atoms with Crippen LogP contribution in [0.2, 0.25) is 0 Å². The van der Waals surface area contributed by atoms with Crippen molar-refractivity contribution in [3.63, 3.8) is 0 Å². The van der Waals surface area contributed by atoms with Crippen LogP contribution in [0.1, 0.15) is 31.4 Å². The quantitative estimate of drug-likeness (QED) is 0.749. The van der Waals surface area contributed by atoms with Crippen molar-refractivity contribution < 1.29 is 22.7 Å². The minimum Gasteiger partial charge on any atom is -0.497 e. The van der Waals surface area contributed by atoms with Gasteiger partial charge in [-0.05, 0) is 38.0 Å². The molecule has 0 unspecified atom stereocenters. The van der Waals surface area contributed by atoms with Crippen molar-refractivity contribution in [3.05, 3.63) is 23.8 Å². The second-order valence-corrected chi connectivity index (χ2v) is 8.97. The van der Waals surface area contributed by atoms with E-state index in [0.717, 1.165) is 5.56 Å². The van der Waals surface area contributed by atoms with E-state index < -0.39 is 10.2 Å². The molecule has 1 aromatic rings. The fourth-order valence-electron chi connectivity index (χ4n) is 3.18. The van der Waals surface area contributed by atoms with E-state index in [1.165, 1.54) is 22.7 Å². The summed E-state index contributed by atoms with van der Waals surface area (Å²) < 4.78 is 37.9. The molecule has 1 heterocycles. The predicted molar refractivity (Wildman–Crippen MR) is 103 cm³/mol. The average molecular weight is 400 g/mol. The number of hydrogen-bond acceptors (Lipinski definition) is 5.